The minimum Gasteiger partial charge on any atom is -0.494 e. The number of thiazole rings is 1. The zero-order chi connectivity index (χ0) is 22.0. The Kier molecular flexibility index (Phi) is 6.65. The quantitative estimate of drug-likeness (QED) is 0.461. The molecule has 0 N–H and O–H groups in total. The Morgan fingerprint density at radius 1 is 1.29 bits per heavy atom. The Balaban J connectivity index is 1.69. The molecule has 2 heterocycles. The number of rotatable bonds is 7. The highest BCUT2D eigenvalue weighted by Crippen LogP contribution is 2.39. The van der Waals surface area contributed by atoms with E-state index >= 15 is 0 Å². The highest BCUT2D eigenvalue weighted by Gasteiger charge is 2.28. The predicted octanol–water partition coefficient (Wildman–Crippen LogP) is 5.57. The number of halogens is 1. The second-order valence-electron chi connectivity index (χ2n) is 7.67. The van der Waals surface area contributed by atoms with Crippen LogP contribution in [-0.4, -0.2) is 43.4 Å². The summed E-state index contributed by atoms with van der Waals surface area (Å²) in [5.74, 6) is 1.22. The van der Waals surface area contributed by atoms with Crippen molar-refractivity contribution in [2.75, 3.05) is 25.2 Å². The van der Waals surface area contributed by atoms with Crippen LogP contribution >= 0.6 is 22.9 Å². The van der Waals surface area contributed by atoms with E-state index in [1.165, 1.54) is 11.3 Å². The largest absolute Gasteiger partial charge is 0.494 e. The molecule has 4 rings (SSSR count). The summed E-state index contributed by atoms with van der Waals surface area (Å²) in [6, 6.07) is 10.8. The Morgan fingerprint density at radius 2 is 2.06 bits per heavy atom. The van der Waals surface area contributed by atoms with E-state index in [9.17, 15) is 4.79 Å². The van der Waals surface area contributed by atoms with E-state index in [0.717, 1.165) is 23.3 Å². The average molecular weight is 461 g/mol. The van der Waals surface area contributed by atoms with E-state index in [0.29, 0.717) is 40.1 Å². The summed E-state index contributed by atoms with van der Waals surface area (Å²) in [6.45, 7) is 5.08. The van der Waals surface area contributed by atoms with Crippen molar-refractivity contribution < 1.29 is 19.0 Å². The van der Waals surface area contributed by atoms with Gasteiger partial charge in [-0.15, -0.1) is 0 Å². The molecule has 6 nitrogen and oxygen atoms in total. The number of nitrogens with zero attached hydrogens (tertiary/aromatic N) is 2. The fraction of sp³-hybridized carbons (Fsp3) is 0.391. The summed E-state index contributed by atoms with van der Waals surface area (Å²) in [5, 5.41) is 1.16. The fourth-order valence-electron chi connectivity index (χ4n) is 3.57. The smallest absolute Gasteiger partial charge is 0.260 e. The number of hydrogen-bond donors (Lipinski definition) is 0. The van der Waals surface area contributed by atoms with E-state index in [4.69, 9.17) is 30.8 Å². The Morgan fingerprint density at radius 3 is 2.71 bits per heavy atom. The first-order valence-corrected chi connectivity index (χ1v) is 11.5. The third-order valence-corrected chi connectivity index (χ3v) is 6.57. The highest BCUT2D eigenvalue weighted by atomic mass is 35.5. The van der Waals surface area contributed by atoms with Crippen LogP contribution in [0.2, 0.25) is 5.02 Å². The maximum absolute atomic E-state index is 13.5. The van der Waals surface area contributed by atoms with Gasteiger partial charge in [-0.1, -0.05) is 22.9 Å². The number of aromatic nitrogens is 1. The summed E-state index contributed by atoms with van der Waals surface area (Å²) in [5.41, 5.74) is 1.22. The Hall–Kier alpha value is -2.35. The second-order valence-corrected chi connectivity index (χ2v) is 9.05. The summed E-state index contributed by atoms with van der Waals surface area (Å²) in [4.78, 5) is 19.9. The van der Waals surface area contributed by atoms with Crippen molar-refractivity contribution >= 4 is 44.2 Å². The summed E-state index contributed by atoms with van der Waals surface area (Å²) < 4.78 is 17.7. The number of methoxy groups -OCH3 is 1. The van der Waals surface area contributed by atoms with Crippen LogP contribution in [0.5, 0.6) is 11.5 Å². The second kappa shape index (κ2) is 9.42. The van der Waals surface area contributed by atoms with Gasteiger partial charge in [-0.2, -0.15) is 0 Å². The minimum absolute atomic E-state index is 0.0168. The normalized spacial score (nSPS) is 16.1. The third-order valence-electron chi connectivity index (χ3n) is 5.03. The molecule has 8 heteroatoms. The molecule has 0 bridgehead atoms. The minimum atomic E-state index is -0.138. The lowest BCUT2D eigenvalue weighted by Gasteiger charge is -2.23. The van der Waals surface area contributed by atoms with Gasteiger partial charge < -0.3 is 14.2 Å². The SMILES string of the molecule is COc1ccc(Cl)c2sc(N(CC3CCCO3)C(=O)c3ccc(OC(C)C)cc3)nc12. The van der Waals surface area contributed by atoms with Crippen molar-refractivity contribution in [2.45, 2.75) is 38.9 Å². The molecule has 1 aliphatic rings. The van der Waals surface area contributed by atoms with Crippen molar-refractivity contribution in [3.05, 3.63) is 47.0 Å². The van der Waals surface area contributed by atoms with Crippen LogP contribution in [-0.2, 0) is 4.74 Å². The topological polar surface area (TPSA) is 60.9 Å². The number of ether oxygens (including phenoxy) is 3. The van der Waals surface area contributed by atoms with Gasteiger partial charge in [0.15, 0.2) is 5.13 Å². The van der Waals surface area contributed by atoms with Gasteiger partial charge >= 0.3 is 0 Å². The molecular weight excluding hydrogens is 436 g/mol. The molecular formula is C23H25ClN2O4S. The molecule has 2 aromatic carbocycles. The molecule has 1 amide bonds. The Labute approximate surface area is 190 Å². The molecule has 1 unspecified atom stereocenters. The molecule has 1 saturated heterocycles. The molecule has 0 radical (unpaired) electrons. The highest BCUT2D eigenvalue weighted by molar-refractivity contribution is 7.23. The first-order valence-electron chi connectivity index (χ1n) is 10.3. The van der Waals surface area contributed by atoms with Crippen LogP contribution in [0.25, 0.3) is 10.2 Å². The van der Waals surface area contributed by atoms with Gasteiger partial charge in [0.05, 0.1) is 35.6 Å². The monoisotopic (exact) mass is 460 g/mol. The summed E-state index contributed by atoms with van der Waals surface area (Å²) in [7, 11) is 1.60. The zero-order valence-electron chi connectivity index (χ0n) is 17.8. The van der Waals surface area contributed by atoms with E-state index in [-0.39, 0.29) is 18.1 Å². The van der Waals surface area contributed by atoms with Crippen molar-refractivity contribution in [3.8, 4) is 11.5 Å². The predicted molar refractivity (Wildman–Crippen MR) is 124 cm³/mol. The number of carbonyl (C=O) groups is 1. The fourth-order valence-corrected chi connectivity index (χ4v) is 4.83. The van der Waals surface area contributed by atoms with Gasteiger partial charge in [-0.3, -0.25) is 9.69 Å². The number of hydrogen-bond acceptors (Lipinski definition) is 6. The van der Waals surface area contributed by atoms with E-state index < -0.39 is 0 Å². The molecule has 31 heavy (non-hydrogen) atoms. The van der Waals surface area contributed by atoms with E-state index in [1.807, 2.05) is 26.0 Å². The molecule has 0 spiro atoms. The van der Waals surface area contributed by atoms with Gasteiger partial charge in [0.25, 0.3) is 5.91 Å². The van der Waals surface area contributed by atoms with E-state index in [2.05, 4.69) is 0 Å². The molecule has 164 valence electrons. The first-order chi connectivity index (χ1) is 15.0. The molecule has 0 aliphatic carbocycles. The molecule has 1 fully saturated rings. The van der Waals surface area contributed by atoms with Crippen LogP contribution in [0.1, 0.15) is 37.0 Å². The molecule has 0 saturated carbocycles. The van der Waals surface area contributed by atoms with Gasteiger partial charge in [0.2, 0.25) is 0 Å². The number of benzene rings is 2. The van der Waals surface area contributed by atoms with Crippen LogP contribution in [0, 0.1) is 0 Å². The standard InChI is InChI=1S/C23H25ClN2O4S/c1-14(2)30-16-8-6-15(7-9-16)22(27)26(13-17-5-4-12-29-17)23-25-20-19(28-3)11-10-18(24)21(20)31-23/h6-11,14,17H,4-5,12-13H2,1-3H3. The lowest BCUT2D eigenvalue weighted by atomic mass is 10.1. The first kappa shape index (κ1) is 21.9. The number of amides is 1. The third kappa shape index (κ3) is 4.79. The maximum atomic E-state index is 13.5. The van der Waals surface area contributed by atoms with Crippen LogP contribution in [0.4, 0.5) is 5.13 Å². The number of fused-ring (bicyclic) bond motifs is 1. The van der Waals surface area contributed by atoms with Gasteiger partial charge in [0.1, 0.15) is 17.0 Å². The summed E-state index contributed by atoms with van der Waals surface area (Å²) in [6.07, 6.45) is 1.96. The summed E-state index contributed by atoms with van der Waals surface area (Å²) >= 11 is 7.78. The van der Waals surface area contributed by atoms with Crippen LogP contribution in [0.3, 0.4) is 0 Å². The number of anilines is 1. The van der Waals surface area contributed by atoms with Crippen molar-refractivity contribution in [1.82, 2.24) is 4.98 Å². The van der Waals surface area contributed by atoms with Gasteiger partial charge in [-0.25, -0.2) is 4.98 Å². The van der Waals surface area contributed by atoms with Gasteiger partial charge in [0, 0.05) is 12.2 Å². The van der Waals surface area contributed by atoms with Gasteiger partial charge in [-0.05, 0) is 63.1 Å². The average Bonchev–Trinajstić information content (AvgIpc) is 3.42. The van der Waals surface area contributed by atoms with Crippen LogP contribution < -0.4 is 14.4 Å². The Bertz CT molecular complexity index is 1060. The lowest BCUT2D eigenvalue weighted by Crippen LogP contribution is -2.37. The lowest BCUT2D eigenvalue weighted by molar-refractivity contribution is 0.0917. The number of carbonyl (C=O) groups excluding carboxylic acids is 1. The molecule has 1 aromatic heterocycles. The van der Waals surface area contributed by atoms with Crippen LogP contribution in [0.15, 0.2) is 36.4 Å². The van der Waals surface area contributed by atoms with Crippen molar-refractivity contribution in [3.63, 3.8) is 0 Å². The van der Waals surface area contributed by atoms with Crippen molar-refractivity contribution in [2.24, 2.45) is 0 Å². The molecule has 1 atom stereocenters. The van der Waals surface area contributed by atoms with Crippen molar-refractivity contribution in [1.29, 1.82) is 0 Å². The molecule has 3 aromatic rings. The zero-order valence-corrected chi connectivity index (χ0v) is 19.3. The molecule has 1 aliphatic heterocycles. The van der Waals surface area contributed by atoms with E-state index in [1.54, 1.807) is 36.3 Å². The maximum Gasteiger partial charge on any atom is 0.260 e.